The van der Waals surface area contributed by atoms with E-state index in [2.05, 4.69) is 21.0 Å². The quantitative estimate of drug-likeness (QED) is 0.862. The maximum atomic E-state index is 11.5. The zero-order valence-electron chi connectivity index (χ0n) is 9.90. The summed E-state index contributed by atoms with van der Waals surface area (Å²) in [4.78, 5) is 0. The number of nitrogens with two attached hydrogens (primary N) is 1. The zero-order chi connectivity index (χ0) is 12.8. The smallest absolute Gasteiger partial charge is 0.152 e. The van der Waals surface area contributed by atoms with Crippen molar-refractivity contribution >= 4 is 25.8 Å². The van der Waals surface area contributed by atoms with E-state index < -0.39 is 15.4 Å². The SMILES string of the molecule is Cc1nn(C)c(CC2(N)CCS(=O)(=O)C2)c1Br. The Hall–Kier alpha value is -0.400. The third-order valence-corrected chi connectivity index (χ3v) is 6.07. The van der Waals surface area contributed by atoms with Gasteiger partial charge in [-0.15, -0.1) is 0 Å². The number of hydrogen-bond donors (Lipinski definition) is 1. The first-order valence-corrected chi connectivity index (χ1v) is 8.01. The van der Waals surface area contributed by atoms with Crippen LogP contribution in [0.1, 0.15) is 17.8 Å². The van der Waals surface area contributed by atoms with E-state index in [0.29, 0.717) is 12.8 Å². The zero-order valence-corrected chi connectivity index (χ0v) is 12.3. The molecule has 0 aliphatic carbocycles. The Morgan fingerprint density at radius 2 is 2.24 bits per heavy atom. The highest BCUT2D eigenvalue weighted by atomic mass is 79.9. The number of halogens is 1. The molecule has 17 heavy (non-hydrogen) atoms. The third kappa shape index (κ3) is 2.56. The molecule has 1 aliphatic heterocycles. The van der Waals surface area contributed by atoms with Crippen molar-refractivity contribution in [2.24, 2.45) is 12.8 Å². The lowest BCUT2D eigenvalue weighted by Crippen LogP contribution is -2.43. The predicted molar refractivity (Wildman–Crippen MR) is 69.5 cm³/mol. The molecule has 0 amide bonds. The minimum atomic E-state index is -2.96. The van der Waals surface area contributed by atoms with Gasteiger partial charge in [0.15, 0.2) is 9.84 Å². The van der Waals surface area contributed by atoms with E-state index in [0.717, 1.165) is 15.9 Å². The Balaban J connectivity index is 2.27. The molecule has 1 atom stereocenters. The van der Waals surface area contributed by atoms with Gasteiger partial charge < -0.3 is 5.73 Å². The van der Waals surface area contributed by atoms with Crippen molar-refractivity contribution in [2.45, 2.75) is 25.3 Å². The molecular weight excluding hydrogens is 306 g/mol. The summed E-state index contributed by atoms with van der Waals surface area (Å²) in [6.45, 7) is 1.90. The predicted octanol–water partition coefficient (Wildman–Crippen LogP) is 0.550. The van der Waals surface area contributed by atoms with Gasteiger partial charge in [0.25, 0.3) is 0 Å². The van der Waals surface area contributed by atoms with Crippen molar-refractivity contribution in [3.63, 3.8) is 0 Å². The molecule has 1 saturated heterocycles. The van der Waals surface area contributed by atoms with Gasteiger partial charge in [0.05, 0.1) is 27.4 Å². The molecule has 0 aromatic carbocycles. The third-order valence-electron chi connectivity index (χ3n) is 3.20. The van der Waals surface area contributed by atoms with E-state index >= 15 is 0 Å². The number of aryl methyl sites for hydroxylation is 2. The Kier molecular flexibility index (Phi) is 3.12. The molecule has 2 rings (SSSR count). The average molecular weight is 322 g/mol. The van der Waals surface area contributed by atoms with Gasteiger partial charge in [-0.2, -0.15) is 5.10 Å². The van der Waals surface area contributed by atoms with Crippen LogP contribution in [0.15, 0.2) is 4.47 Å². The molecule has 1 aromatic heterocycles. The lowest BCUT2D eigenvalue weighted by Gasteiger charge is -2.22. The first kappa shape index (κ1) is 13.0. The Morgan fingerprint density at radius 1 is 1.59 bits per heavy atom. The highest BCUT2D eigenvalue weighted by Gasteiger charge is 2.40. The van der Waals surface area contributed by atoms with Crippen LogP contribution in [0, 0.1) is 6.92 Å². The molecule has 1 aromatic rings. The van der Waals surface area contributed by atoms with E-state index in [-0.39, 0.29) is 11.5 Å². The van der Waals surface area contributed by atoms with E-state index in [9.17, 15) is 8.42 Å². The van der Waals surface area contributed by atoms with Crippen molar-refractivity contribution in [1.82, 2.24) is 9.78 Å². The monoisotopic (exact) mass is 321 g/mol. The molecule has 1 fully saturated rings. The molecule has 1 unspecified atom stereocenters. The van der Waals surface area contributed by atoms with Crippen LogP contribution >= 0.6 is 15.9 Å². The molecule has 96 valence electrons. The van der Waals surface area contributed by atoms with Crippen molar-refractivity contribution in [2.75, 3.05) is 11.5 Å². The van der Waals surface area contributed by atoms with Crippen LogP contribution < -0.4 is 5.73 Å². The second-order valence-electron chi connectivity index (χ2n) is 4.85. The van der Waals surface area contributed by atoms with Crippen molar-refractivity contribution in [3.05, 3.63) is 15.9 Å². The second-order valence-corrected chi connectivity index (χ2v) is 7.83. The lowest BCUT2D eigenvalue weighted by molar-refractivity contribution is 0.459. The van der Waals surface area contributed by atoms with E-state index in [1.165, 1.54) is 0 Å². The number of aromatic nitrogens is 2. The van der Waals surface area contributed by atoms with Crippen molar-refractivity contribution in [3.8, 4) is 0 Å². The minimum Gasteiger partial charge on any atom is -0.324 e. The maximum Gasteiger partial charge on any atom is 0.152 e. The number of nitrogens with zero attached hydrogens (tertiary/aromatic N) is 2. The van der Waals surface area contributed by atoms with Crippen LogP contribution in [0.4, 0.5) is 0 Å². The van der Waals surface area contributed by atoms with Crippen LogP contribution in [0.25, 0.3) is 0 Å². The highest BCUT2D eigenvalue weighted by Crippen LogP contribution is 2.29. The second kappa shape index (κ2) is 4.07. The summed E-state index contributed by atoms with van der Waals surface area (Å²) in [5.41, 5.74) is 7.38. The molecule has 5 nitrogen and oxygen atoms in total. The van der Waals surface area contributed by atoms with E-state index in [4.69, 9.17) is 5.73 Å². The van der Waals surface area contributed by atoms with Crippen LogP contribution in [0.2, 0.25) is 0 Å². The fourth-order valence-electron chi connectivity index (χ4n) is 2.29. The normalized spacial score (nSPS) is 27.5. The Morgan fingerprint density at radius 3 is 2.65 bits per heavy atom. The minimum absolute atomic E-state index is 0.0661. The molecular formula is C10H16BrN3O2S. The molecule has 2 N–H and O–H groups in total. The van der Waals surface area contributed by atoms with Gasteiger partial charge in [-0.25, -0.2) is 8.42 Å². The average Bonchev–Trinajstić information content (AvgIpc) is 2.59. The van der Waals surface area contributed by atoms with E-state index in [1.54, 1.807) is 4.68 Å². The van der Waals surface area contributed by atoms with Gasteiger partial charge in [-0.1, -0.05) is 0 Å². The van der Waals surface area contributed by atoms with Crippen LogP contribution in [0.5, 0.6) is 0 Å². The fraction of sp³-hybridized carbons (Fsp3) is 0.700. The summed E-state index contributed by atoms with van der Waals surface area (Å²) in [6.07, 6.45) is 1.05. The largest absolute Gasteiger partial charge is 0.324 e. The van der Waals surface area contributed by atoms with Gasteiger partial charge in [-0.05, 0) is 29.3 Å². The molecule has 2 heterocycles. The summed E-state index contributed by atoms with van der Waals surface area (Å²) in [5.74, 6) is 0.259. The van der Waals surface area contributed by atoms with Gasteiger partial charge in [0.2, 0.25) is 0 Å². The number of sulfone groups is 1. The first-order valence-electron chi connectivity index (χ1n) is 5.40. The topological polar surface area (TPSA) is 78.0 Å². The van der Waals surface area contributed by atoms with Gasteiger partial charge in [0.1, 0.15) is 0 Å². The van der Waals surface area contributed by atoms with Gasteiger partial charge in [-0.3, -0.25) is 4.68 Å². The summed E-state index contributed by atoms with van der Waals surface area (Å²) in [6, 6.07) is 0. The fourth-order valence-corrected chi connectivity index (χ4v) is 4.75. The first-order chi connectivity index (χ1) is 7.72. The molecule has 0 bridgehead atoms. The van der Waals surface area contributed by atoms with Gasteiger partial charge >= 0.3 is 0 Å². The summed E-state index contributed by atoms with van der Waals surface area (Å²) in [7, 11) is -1.12. The maximum absolute atomic E-state index is 11.5. The standard InChI is InChI=1S/C10H16BrN3O2S/c1-7-9(11)8(14(2)13-7)5-10(12)3-4-17(15,16)6-10/h3-6,12H2,1-2H3. The number of hydrogen-bond acceptors (Lipinski definition) is 4. The Labute approximate surface area is 109 Å². The van der Waals surface area contributed by atoms with Crippen molar-refractivity contribution < 1.29 is 8.42 Å². The van der Waals surface area contributed by atoms with Crippen LogP contribution in [-0.2, 0) is 23.3 Å². The lowest BCUT2D eigenvalue weighted by atomic mass is 9.94. The van der Waals surface area contributed by atoms with Gasteiger partial charge in [0, 0.05) is 19.0 Å². The summed E-state index contributed by atoms with van der Waals surface area (Å²) >= 11 is 3.47. The molecule has 0 saturated carbocycles. The summed E-state index contributed by atoms with van der Waals surface area (Å²) in [5, 5.41) is 4.28. The summed E-state index contributed by atoms with van der Waals surface area (Å²) < 4.78 is 25.7. The van der Waals surface area contributed by atoms with Crippen LogP contribution in [-0.4, -0.2) is 35.2 Å². The van der Waals surface area contributed by atoms with E-state index in [1.807, 2.05) is 14.0 Å². The highest BCUT2D eigenvalue weighted by molar-refractivity contribution is 9.10. The molecule has 0 spiro atoms. The van der Waals surface area contributed by atoms with Crippen molar-refractivity contribution in [1.29, 1.82) is 0 Å². The van der Waals surface area contributed by atoms with Crippen LogP contribution in [0.3, 0.4) is 0 Å². The Bertz CT molecular complexity index is 552. The molecule has 0 radical (unpaired) electrons. The number of rotatable bonds is 2. The molecule has 1 aliphatic rings. The molecule has 7 heteroatoms.